The monoisotopic (exact) mass is 387 g/mol. The van der Waals surface area contributed by atoms with Gasteiger partial charge in [-0.1, -0.05) is 18.2 Å². The second-order valence-electron chi connectivity index (χ2n) is 6.24. The molecular formula is C23H17NO5. The molecule has 1 N–H and O–H groups in total. The third-order valence-corrected chi connectivity index (χ3v) is 4.34. The largest absolute Gasteiger partial charge is 0.496 e. The molecule has 4 rings (SSSR count). The number of rotatable bonds is 5. The third kappa shape index (κ3) is 3.96. The van der Waals surface area contributed by atoms with Crippen LogP contribution in [-0.4, -0.2) is 13.0 Å². The van der Waals surface area contributed by atoms with E-state index in [4.69, 9.17) is 13.6 Å². The predicted molar refractivity (Wildman–Crippen MR) is 111 cm³/mol. The van der Waals surface area contributed by atoms with Crippen molar-refractivity contribution in [2.75, 3.05) is 12.4 Å². The van der Waals surface area contributed by atoms with E-state index in [1.54, 1.807) is 48.5 Å². The highest BCUT2D eigenvalue weighted by atomic mass is 16.5. The normalized spacial score (nSPS) is 11.1. The van der Waals surface area contributed by atoms with Gasteiger partial charge in [-0.15, -0.1) is 0 Å². The van der Waals surface area contributed by atoms with Crippen LogP contribution in [0.15, 0.2) is 86.6 Å². The number of carbonyl (C=O) groups excluding carboxylic acids is 1. The van der Waals surface area contributed by atoms with Crippen LogP contribution in [0.3, 0.4) is 0 Å². The Hall–Kier alpha value is -4.06. The lowest BCUT2D eigenvalue weighted by molar-refractivity contribution is -0.111. The van der Waals surface area contributed by atoms with Gasteiger partial charge >= 0.3 is 5.63 Å². The number of para-hydroxylation sites is 1. The van der Waals surface area contributed by atoms with Crippen molar-refractivity contribution < 1.29 is 18.4 Å². The molecule has 0 spiro atoms. The van der Waals surface area contributed by atoms with E-state index in [0.29, 0.717) is 33.9 Å². The number of fused-ring (bicyclic) bond motifs is 1. The Bertz CT molecular complexity index is 1250. The van der Waals surface area contributed by atoms with Gasteiger partial charge in [0.25, 0.3) is 0 Å². The molecule has 29 heavy (non-hydrogen) atoms. The van der Waals surface area contributed by atoms with Gasteiger partial charge in [-0.2, -0.15) is 0 Å². The summed E-state index contributed by atoms with van der Waals surface area (Å²) < 4.78 is 16.0. The highest BCUT2D eigenvalue weighted by Gasteiger charge is 2.13. The molecule has 0 saturated carbocycles. The average Bonchev–Trinajstić information content (AvgIpc) is 3.25. The Morgan fingerprint density at radius 3 is 2.69 bits per heavy atom. The van der Waals surface area contributed by atoms with Crippen LogP contribution in [0.1, 0.15) is 5.76 Å². The van der Waals surface area contributed by atoms with E-state index in [2.05, 4.69) is 5.32 Å². The fraction of sp³-hybridized carbons (Fsp3) is 0.0435. The summed E-state index contributed by atoms with van der Waals surface area (Å²) in [7, 11) is 1.50. The number of ether oxygens (including phenoxy) is 1. The average molecular weight is 387 g/mol. The first-order chi connectivity index (χ1) is 14.1. The number of amides is 1. The van der Waals surface area contributed by atoms with Crippen LogP contribution in [0.4, 0.5) is 5.69 Å². The van der Waals surface area contributed by atoms with Crippen molar-refractivity contribution in [2.45, 2.75) is 0 Å². The lowest BCUT2D eigenvalue weighted by atomic mass is 10.0. The highest BCUT2D eigenvalue weighted by Crippen LogP contribution is 2.32. The Kier molecular flexibility index (Phi) is 4.99. The Labute approximate surface area is 166 Å². The fourth-order valence-corrected chi connectivity index (χ4v) is 2.97. The van der Waals surface area contributed by atoms with Crippen LogP contribution < -0.4 is 15.7 Å². The lowest BCUT2D eigenvalue weighted by Gasteiger charge is -2.11. The van der Waals surface area contributed by atoms with E-state index in [9.17, 15) is 9.59 Å². The molecule has 0 aliphatic carbocycles. The Morgan fingerprint density at radius 2 is 1.90 bits per heavy atom. The molecule has 0 atom stereocenters. The first-order valence-electron chi connectivity index (χ1n) is 8.88. The number of hydrogen-bond acceptors (Lipinski definition) is 5. The molecule has 6 nitrogen and oxygen atoms in total. The van der Waals surface area contributed by atoms with Crippen molar-refractivity contribution in [1.29, 1.82) is 0 Å². The zero-order valence-electron chi connectivity index (χ0n) is 15.5. The standard InChI is InChI=1S/C23H17NO5/c1-27-21-14-16(24-22(25)11-9-17-6-4-12-28-17)8-10-18(21)19-13-15-5-2-3-7-20(15)29-23(19)26/h2-14H,1H3,(H,24,25)/b11-9+. The quantitative estimate of drug-likeness (QED) is 0.396. The van der Waals surface area contributed by atoms with Gasteiger partial charge in [0, 0.05) is 28.8 Å². The molecule has 144 valence electrons. The molecule has 0 bridgehead atoms. The van der Waals surface area contributed by atoms with E-state index in [-0.39, 0.29) is 5.91 Å². The molecule has 4 aromatic rings. The summed E-state index contributed by atoms with van der Waals surface area (Å²) in [5.74, 6) is 0.706. The van der Waals surface area contributed by atoms with Gasteiger partial charge < -0.3 is 18.9 Å². The maximum absolute atomic E-state index is 12.5. The van der Waals surface area contributed by atoms with Crippen molar-refractivity contribution >= 4 is 28.6 Å². The molecule has 0 aliphatic heterocycles. The van der Waals surface area contributed by atoms with Gasteiger partial charge in [0.2, 0.25) is 5.91 Å². The second-order valence-corrected chi connectivity index (χ2v) is 6.24. The molecule has 0 aliphatic rings. The minimum absolute atomic E-state index is 0.318. The number of methoxy groups -OCH3 is 1. The van der Waals surface area contributed by atoms with Gasteiger partial charge in [-0.3, -0.25) is 4.79 Å². The maximum atomic E-state index is 12.5. The number of anilines is 1. The van der Waals surface area contributed by atoms with Gasteiger partial charge in [-0.25, -0.2) is 4.79 Å². The number of hydrogen-bond donors (Lipinski definition) is 1. The number of nitrogens with one attached hydrogen (secondary N) is 1. The van der Waals surface area contributed by atoms with Crippen LogP contribution in [-0.2, 0) is 4.79 Å². The SMILES string of the molecule is COc1cc(NC(=O)/C=C/c2ccco2)ccc1-c1cc2ccccc2oc1=O. The van der Waals surface area contributed by atoms with Crippen LogP contribution in [0, 0.1) is 0 Å². The first-order valence-corrected chi connectivity index (χ1v) is 8.88. The molecule has 0 unspecified atom stereocenters. The van der Waals surface area contributed by atoms with E-state index in [1.807, 2.05) is 18.2 Å². The molecule has 2 aromatic heterocycles. The number of carbonyl (C=O) groups is 1. The predicted octanol–water partition coefficient (Wildman–Crippen LogP) is 4.71. The summed E-state index contributed by atoms with van der Waals surface area (Å²) >= 11 is 0. The van der Waals surface area contributed by atoms with Gasteiger partial charge in [0.05, 0.1) is 18.9 Å². The first kappa shape index (κ1) is 18.3. The Morgan fingerprint density at radius 1 is 1.03 bits per heavy atom. The summed E-state index contributed by atoms with van der Waals surface area (Å²) in [5.41, 5.74) is 1.56. The van der Waals surface area contributed by atoms with E-state index in [1.165, 1.54) is 19.4 Å². The van der Waals surface area contributed by atoms with Crippen molar-refractivity contribution in [1.82, 2.24) is 0 Å². The molecule has 1 amide bonds. The van der Waals surface area contributed by atoms with E-state index >= 15 is 0 Å². The molecule has 0 radical (unpaired) electrons. The molecule has 0 saturated heterocycles. The van der Waals surface area contributed by atoms with Crippen molar-refractivity contribution in [3.05, 3.63) is 89.2 Å². The fourth-order valence-electron chi connectivity index (χ4n) is 2.97. The van der Waals surface area contributed by atoms with Crippen LogP contribution in [0.5, 0.6) is 5.75 Å². The summed E-state index contributed by atoms with van der Waals surface area (Å²) in [6, 6.07) is 17.6. The highest BCUT2D eigenvalue weighted by molar-refractivity contribution is 6.02. The molecule has 6 heteroatoms. The lowest BCUT2D eigenvalue weighted by Crippen LogP contribution is -2.08. The maximum Gasteiger partial charge on any atom is 0.344 e. The van der Waals surface area contributed by atoms with Crippen molar-refractivity contribution in [3.63, 3.8) is 0 Å². The molecule has 2 aromatic carbocycles. The zero-order valence-corrected chi connectivity index (χ0v) is 15.5. The third-order valence-electron chi connectivity index (χ3n) is 4.34. The van der Waals surface area contributed by atoms with Crippen molar-refractivity contribution in [2.24, 2.45) is 0 Å². The Balaban J connectivity index is 1.63. The minimum Gasteiger partial charge on any atom is -0.496 e. The number of furan rings is 1. The molecule has 0 fully saturated rings. The van der Waals surface area contributed by atoms with Crippen molar-refractivity contribution in [3.8, 4) is 16.9 Å². The van der Waals surface area contributed by atoms with Crippen LogP contribution in [0.2, 0.25) is 0 Å². The zero-order chi connectivity index (χ0) is 20.2. The summed E-state index contributed by atoms with van der Waals surface area (Å²) in [6.07, 6.45) is 4.48. The van der Waals surface area contributed by atoms with E-state index in [0.717, 1.165) is 5.39 Å². The second kappa shape index (κ2) is 7.90. The van der Waals surface area contributed by atoms with Crippen LogP contribution in [0.25, 0.3) is 28.2 Å². The summed E-state index contributed by atoms with van der Waals surface area (Å²) in [5, 5.41) is 3.56. The summed E-state index contributed by atoms with van der Waals surface area (Å²) in [6.45, 7) is 0. The molecule has 2 heterocycles. The smallest absolute Gasteiger partial charge is 0.344 e. The van der Waals surface area contributed by atoms with Gasteiger partial charge in [-0.05, 0) is 42.5 Å². The minimum atomic E-state index is -0.458. The topological polar surface area (TPSA) is 81.7 Å². The van der Waals surface area contributed by atoms with Gasteiger partial charge in [0.15, 0.2) is 0 Å². The van der Waals surface area contributed by atoms with Gasteiger partial charge in [0.1, 0.15) is 17.1 Å². The molecular weight excluding hydrogens is 370 g/mol. The van der Waals surface area contributed by atoms with E-state index < -0.39 is 5.63 Å². The number of benzene rings is 2. The van der Waals surface area contributed by atoms with Crippen LogP contribution >= 0.6 is 0 Å². The summed E-state index contributed by atoms with van der Waals surface area (Å²) in [4.78, 5) is 24.6.